The maximum atomic E-state index is 11.0. The molecule has 0 radical (unpaired) electrons. The summed E-state index contributed by atoms with van der Waals surface area (Å²) in [6, 6.07) is 10.6. The minimum Gasteiger partial charge on any atom is -0.478 e. The van der Waals surface area contributed by atoms with Crippen LogP contribution < -0.4 is 4.74 Å². The Morgan fingerprint density at radius 1 is 1.23 bits per heavy atom. The van der Waals surface area contributed by atoms with Gasteiger partial charge in [-0.15, -0.1) is 0 Å². The summed E-state index contributed by atoms with van der Waals surface area (Å²) in [5.74, 6) is 0.659. The van der Waals surface area contributed by atoms with Crippen LogP contribution in [0.5, 0.6) is 5.88 Å². The number of pyridine rings is 1. The molecule has 1 fully saturated rings. The number of hydrogen-bond donors (Lipinski definition) is 1. The number of ether oxygens (including phenoxy) is 2. The third-order valence-corrected chi connectivity index (χ3v) is 5.21. The normalized spacial score (nSPS) is 16.5. The van der Waals surface area contributed by atoms with Gasteiger partial charge in [-0.2, -0.15) is 4.98 Å². The van der Waals surface area contributed by atoms with Gasteiger partial charge < -0.3 is 19.1 Å². The largest absolute Gasteiger partial charge is 0.478 e. The second-order valence-electron chi connectivity index (χ2n) is 7.31. The van der Waals surface area contributed by atoms with Crippen LogP contribution in [0.3, 0.4) is 0 Å². The third kappa shape index (κ3) is 5.07. The van der Waals surface area contributed by atoms with E-state index in [1.807, 2.05) is 18.2 Å². The first-order valence-electron chi connectivity index (χ1n) is 10.1. The lowest BCUT2D eigenvalue weighted by Gasteiger charge is -2.21. The SMILES string of the molecule is COCCOc1ccc(-c2noc([C@H]3CCCN3Cc3ccc(C(=O)O)cc3)n2)cn1. The summed E-state index contributed by atoms with van der Waals surface area (Å²) in [4.78, 5) is 22.2. The smallest absolute Gasteiger partial charge is 0.335 e. The van der Waals surface area contributed by atoms with Crippen molar-refractivity contribution in [2.75, 3.05) is 26.9 Å². The number of benzene rings is 1. The van der Waals surface area contributed by atoms with Crippen molar-refractivity contribution in [1.29, 1.82) is 0 Å². The highest BCUT2D eigenvalue weighted by Crippen LogP contribution is 2.33. The molecule has 2 aromatic heterocycles. The summed E-state index contributed by atoms with van der Waals surface area (Å²) in [5.41, 5.74) is 2.08. The first-order valence-corrected chi connectivity index (χ1v) is 10.1. The summed E-state index contributed by atoms with van der Waals surface area (Å²) in [6.07, 6.45) is 3.62. The zero-order valence-electron chi connectivity index (χ0n) is 17.2. The van der Waals surface area contributed by atoms with E-state index in [1.165, 1.54) is 0 Å². The van der Waals surface area contributed by atoms with Crippen LogP contribution >= 0.6 is 0 Å². The molecule has 1 aromatic carbocycles. The Bertz CT molecular complexity index is 1000. The lowest BCUT2D eigenvalue weighted by molar-refractivity contribution is 0.0697. The fraction of sp³-hybridized carbons (Fsp3) is 0.364. The zero-order valence-corrected chi connectivity index (χ0v) is 17.2. The standard InChI is InChI=1S/C22H24N4O5/c1-29-11-12-30-19-9-8-17(13-23-19)20-24-21(31-25-20)18-3-2-10-26(18)14-15-4-6-16(7-5-15)22(27)28/h4-9,13,18H,2-3,10-12,14H2,1H3,(H,27,28)/t18-/m1/s1. The molecule has 1 saturated heterocycles. The highest BCUT2D eigenvalue weighted by molar-refractivity contribution is 5.87. The van der Waals surface area contributed by atoms with Crippen molar-refractivity contribution >= 4 is 5.97 Å². The molecule has 162 valence electrons. The van der Waals surface area contributed by atoms with Crippen LogP contribution in [-0.4, -0.2) is 58.0 Å². The lowest BCUT2D eigenvalue weighted by Crippen LogP contribution is -2.23. The van der Waals surface area contributed by atoms with Crippen LogP contribution in [-0.2, 0) is 11.3 Å². The van der Waals surface area contributed by atoms with Crippen LogP contribution in [0.1, 0.15) is 40.7 Å². The number of carboxylic acid groups (broad SMARTS) is 1. The van der Waals surface area contributed by atoms with Crippen molar-refractivity contribution in [2.24, 2.45) is 0 Å². The van der Waals surface area contributed by atoms with Crippen molar-refractivity contribution in [3.63, 3.8) is 0 Å². The average Bonchev–Trinajstić information content (AvgIpc) is 3.44. The molecular formula is C22H24N4O5. The Hall–Kier alpha value is -3.30. The van der Waals surface area contributed by atoms with Gasteiger partial charge in [0.1, 0.15) is 6.61 Å². The molecule has 9 nitrogen and oxygen atoms in total. The van der Waals surface area contributed by atoms with E-state index in [0.29, 0.717) is 37.4 Å². The van der Waals surface area contributed by atoms with Crippen molar-refractivity contribution < 1.29 is 23.9 Å². The second kappa shape index (κ2) is 9.67. The van der Waals surface area contributed by atoms with Gasteiger partial charge in [-0.25, -0.2) is 9.78 Å². The van der Waals surface area contributed by atoms with Crippen LogP contribution in [0.2, 0.25) is 0 Å². The predicted molar refractivity (Wildman–Crippen MR) is 111 cm³/mol. The van der Waals surface area contributed by atoms with E-state index in [1.54, 1.807) is 31.5 Å². The molecule has 31 heavy (non-hydrogen) atoms. The fourth-order valence-electron chi connectivity index (χ4n) is 3.60. The Morgan fingerprint density at radius 2 is 2.06 bits per heavy atom. The Morgan fingerprint density at radius 3 is 2.77 bits per heavy atom. The molecule has 1 atom stereocenters. The van der Waals surface area contributed by atoms with E-state index >= 15 is 0 Å². The van der Waals surface area contributed by atoms with Gasteiger partial charge in [-0.3, -0.25) is 4.90 Å². The topological polar surface area (TPSA) is 111 Å². The summed E-state index contributed by atoms with van der Waals surface area (Å²) >= 11 is 0. The van der Waals surface area contributed by atoms with Gasteiger partial charge in [0, 0.05) is 31.5 Å². The van der Waals surface area contributed by atoms with E-state index in [-0.39, 0.29) is 11.6 Å². The number of rotatable bonds is 9. The fourth-order valence-corrected chi connectivity index (χ4v) is 3.60. The van der Waals surface area contributed by atoms with Crippen LogP contribution in [0, 0.1) is 0 Å². The van der Waals surface area contributed by atoms with E-state index in [2.05, 4.69) is 20.0 Å². The number of aromatic nitrogens is 3. The van der Waals surface area contributed by atoms with Crippen LogP contribution in [0.25, 0.3) is 11.4 Å². The molecule has 9 heteroatoms. The van der Waals surface area contributed by atoms with Gasteiger partial charge in [0.05, 0.1) is 18.2 Å². The van der Waals surface area contributed by atoms with Gasteiger partial charge in [-0.05, 0) is 43.1 Å². The molecule has 1 aliphatic rings. The number of carbonyl (C=O) groups is 1. The molecule has 0 spiro atoms. The number of nitrogens with zero attached hydrogens (tertiary/aromatic N) is 4. The number of likely N-dealkylation sites (tertiary alicyclic amines) is 1. The van der Waals surface area contributed by atoms with E-state index in [0.717, 1.165) is 30.5 Å². The monoisotopic (exact) mass is 424 g/mol. The molecule has 0 unspecified atom stereocenters. The minimum absolute atomic E-state index is 0.0324. The van der Waals surface area contributed by atoms with Gasteiger partial charge in [0.25, 0.3) is 0 Å². The summed E-state index contributed by atoms with van der Waals surface area (Å²) in [7, 11) is 1.62. The highest BCUT2D eigenvalue weighted by Gasteiger charge is 2.31. The summed E-state index contributed by atoms with van der Waals surface area (Å²) in [5, 5.41) is 13.2. The quantitative estimate of drug-likeness (QED) is 0.518. The minimum atomic E-state index is -0.923. The Labute approximate surface area is 179 Å². The van der Waals surface area contributed by atoms with Gasteiger partial charge >= 0.3 is 5.97 Å². The molecule has 0 amide bonds. The molecule has 1 aliphatic heterocycles. The van der Waals surface area contributed by atoms with Gasteiger partial charge in [0.15, 0.2) is 0 Å². The Kier molecular flexibility index (Phi) is 6.54. The third-order valence-electron chi connectivity index (χ3n) is 5.21. The number of methoxy groups -OCH3 is 1. The first kappa shape index (κ1) is 21.0. The van der Waals surface area contributed by atoms with E-state index in [4.69, 9.17) is 19.1 Å². The first-order chi connectivity index (χ1) is 15.1. The number of hydrogen-bond acceptors (Lipinski definition) is 8. The lowest BCUT2D eigenvalue weighted by atomic mass is 10.1. The van der Waals surface area contributed by atoms with Crippen LogP contribution in [0.4, 0.5) is 0 Å². The van der Waals surface area contributed by atoms with Crippen molar-refractivity contribution in [2.45, 2.75) is 25.4 Å². The zero-order chi connectivity index (χ0) is 21.6. The maximum Gasteiger partial charge on any atom is 0.335 e. The number of carboxylic acids is 1. The van der Waals surface area contributed by atoms with Crippen molar-refractivity contribution in [3.05, 3.63) is 59.6 Å². The number of aromatic carboxylic acids is 1. The molecular weight excluding hydrogens is 400 g/mol. The molecule has 1 N–H and O–H groups in total. The predicted octanol–water partition coefficient (Wildman–Crippen LogP) is 3.19. The maximum absolute atomic E-state index is 11.0. The van der Waals surface area contributed by atoms with E-state index < -0.39 is 5.97 Å². The summed E-state index contributed by atoms with van der Waals surface area (Å²) < 4.78 is 16.0. The molecule has 3 heterocycles. The molecule has 0 bridgehead atoms. The average molecular weight is 424 g/mol. The van der Waals surface area contributed by atoms with Crippen molar-refractivity contribution in [1.82, 2.24) is 20.0 Å². The Balaban J connectivity index is 1.42. The highest BCUT2D eigenvalue weighted by atomic mass is 16.5. The van der Waals surface area contributed by atoms with Gasteiger partial charge in [-0.1, -0.05) is 17.3 Å². The molecule has 0 aliphatic carbocycles. The molecule has 0 saturated carbocycles. The van der Waals surface area contributed by atoms with Crippen LogP contribution in [0.15, 0.2) is 47.1 Å². The molecule has 4 rings (SSSR count). The summed E-state index contributed by atoms with van der Waals surface area (Å²) in [6.45, 7) is 2.54. The van der Waals surface area contributed by atoms with Crippen molar-refractivity contribution in [3.8, 4) is 17.3 Å². The van der Waals surface area contributed by atoms with Gasteiger partial charge in [0.2, 0.25) is 17.6 Å². The second-order valence-corrected chi connectivity index (χ2v) is 7.31. The van der Waals surface area contributed by atoms with E-state index in [9.17, 15) is 4.79 Å². The molecule has 3 aromatic rings.